The Bertz CT molecular complexity index is 698. The summed E-state index contributed by atoms with van der Waals surface area (Å²) in [6, 6.07) is 1.65. The van der Waals surface area contributed by atoms with Crippen molar-refractivity contribution in [1.82, 2.24) is 24.8 Å². The summed E-state index contributed by atoms with van der Waals surface area (Å²) in [6.07, 6.45) is 5.08. The first-order valence-electron chi connectivity index (χ1n) is 7.41. The van der Waals surface area contributed by atoms with Crippen molar-refractivity contribution < 1.29 is 13.9 Å². The quantitative estimate of drug-likeness (QED) is 0.844. The Labute approximate surface area is 132 Å². The Morgan fingerprint density at radius 3 is 2.87 bits per heavy atom. The first-order valence-corrected chi connectivity index (χ1v) is 7.41. The molecule has 8 heteroatoms. The fourth-order valence-electron chi connectivity index (χ4n) is 2.43. The largest absolute Gasteiger partial charge is 0.470 e. The summed E-state index contributed by atoms with van der Waals surface area (Å²) >= 11 is 0. The molecule has 3 rings (SSSR count). The van der Waals surface area contributed by atoms with Gasteiger partial charge >= 0.3 is 0 Å². The predicted octanol–water partition coefficient (Wildman–Crippen LogP) is 1.26. The second-order valence-corrected chi connectivity index (χ2v) is 5.15. The van der Waals surface area contributed by atoms with Crippen molar-refractivity contribution in [1.29, 1.82) is 0 Å². The molecule has 1 aliphatic heterocycles. The Morgan fingerprint density at radius 1 is 1.35 bits per heavy atom. The number of nitrogens with zero attached hydrogens (tertiary/aromatic N) is 5. The van der Waals surface area contributed by atoms with E-state index in [0.29, 0.717) is 31.6 Å². The number of hydrogen-bond donors (Lipinski definition) is 0. The number of hydrogen-bond acceptors (Lipinski definition) is 6. The molecule has 1 aliphatic rings. The lowest BCUT2D eigenvalue weighted by molar-refractivity contribution is 0.0758. The van der Waals surface area contributed by atoms with Crippen LogP contribution in [0, 0.1) is 5.82 Å². The highest BCUT2D eigenvalue weighted by atomic mass is 19.1. The minimum atomic E-state index is -0.536. The SMILES string of the molecule is CCc1ncnc(OC2CCN(C(=O)c3ncccn3)C2)c1F. The number of aryl methyl sites for hydroxylation is 1. The molecular formula is C15H16FN5O2. The van der Waals surface area contributed by atoms with Crippen LogP contribution in [0.4, 0.5) is 4.39 Å². The molecule has 23 heavy (non-hydrogen) atoms. The number of carbonyl (C=O) groups is 1. The summed E-state index contributed by atoms with van der Waals surface area (Å²) in [4.78, 5) is 29.5. The smallest absolute Gasteiger partial charge is 0.291 e. The van der Waals surface area contributed by atoms with Gasteiger partial charge in [-0.3, -0.25) is 4.79 Å². The van der Waals surface area contributed by atoms with Gasteiger partial charge in [-0.2, -0.15) is 9.37 Å². The average molecular weight is 317 g/mol. The number of rotatable bonds is 4. The van der Waals surface area contributed by atoms with Crippen LogP contribution in [-0.2, 0) is 6.42 Å². The number of amides is 1. The number of halogens is 1. The van der Waals surface area contributed by atoms with Crippen LogP contribution in [0.3, 0.4) is 0 Å². The zero-order valence-electron chi connectivity index (χ0n) is 12.6. The van der Waals surface area contributed by atoms with Crippen molar-refractivity contribution in [2.45, 2.75) is 25.9 Å². The van der Waals surface area contributed by atoms with Crippen LogP contribution < -0.4 is 4.74 Å². The van der Waals surface area contributed by atoms with Gasteiger partial charge in [0.25, 0.3) is 11.8 Å². The van der Waals surface area contributed by atoms with Gasteiger partial charge in [-0.1, -0.05) is 6.92 Å². The van der Waals surface area contributed by atoms with Crippen molar-refractivity contribution in [3.63, 3.8) is 0 Å². The molecule has 1 saturated heterocycles. The average Bonchev–Trinajstić information content (AvgIpc) is 3.05. The normalized spacial score (nSPS) is 17.3. The number of carbonyl (C=O) groups excluding carboxylic acids is 1. The van der Waals surface area contributed by atoms with Gasteiger partial charge in [0.1, 0.15) is 12.4 Å². The highest BCUT2D eigenvalue weighted by Crippen LogP contribution is 2.21. The van der Waals surface area contributed by atoms with Crippen molar-refractivity contribution in [3.8, 4) is 5.88 Å². The lowest BCUT2D eigenvalue weighted by atomic mass is 10.3. The monoisotopic (exact) mass is 317 g/mol. The molecule has 0 spiro atoms. The number of ether oxygens (including phenoxy) is 1. The summed E-state index contributed by atoms with van der Waals surface area (Å²) < 4.78 is 19.7. The Kier molecular flexibility index (Phi) is 4.40. The van der Waals surface area contributed by atoms with Gasteiger partial charge in [0.15, 0.2) is 0 Å². The summed E-state index contributed by atoms with van der Waals surface area (Å²) in [5.74, 6) is -0.706. The topological polar surface area (TPSA) is 81.1 Å². The van der Waals surface area contributed by atoms with Crippen LogP contribution in [0.5, 0.6) is 5.88 Å². The fourth-order valence-corrected chi connectivity index (χ4v) is 2.43. The lowest BCUT2D eigenvalue weighted by Gasteiger charge is -2.16. The molecular weight excluding hydrogens is 301 g/mol. The van der Waals surface area contributed by atoms with E-state index in [9.17, 15) is 9.18 Å². The fraction of sp³-hybridized carbons (Fsp3) is 0.400. The third-order valence-electron chi connectivity index (χ3n) is 3.63. The maximum absolute atomic E-state index is 14.1. The third-order valence-corrected chi connectivity index (χ3v) is 3.63. The Morgan fingerprint density at radius 2 is 2.13 bits per heavy atom. The zero-order chi connectivity index (χ0) is 16.2. The standard InChI is InChI=1S/C15H16FN5O2/c1-2-11-12(16)14(20-9-19-11)23-10-4-7-21(8-10)15(22)13-17-5-3-6-18-13/h3,5-6,9-10H,2,4,7-8H2,1H3. The van der Waals surface area contributed by atoms with E-state index in [1.807, 2.05) is 6.92 Å². The van der Waals surface area contributed by atoms with E-state index in [-0.39, 0.29) is 23.7 Å². The van der Waals surface area contributed by atoms with Gasteiger partial charge in [-0.25, -0.2) is 15.0 Å². The summed E-state index contributed by atoms with van der Waals surface area (Å²) in [5, 5.41) is 0. The van der Waals surface area contributed by atoms with E-state index >= 15 is 0 Å². The van der Waals surface area contributed by atoms with Crippen molar-refractivity contribution >= 4 is 5.91 Å². The molecule has 0 bridgehead atoms. The second-order valence-electron chi connectivity index (χ2n) is 5.15. The summed E-state index contributed by atoms with van der Waals surface area (Å²) in [6.45, 7) is 2.67. The van der Waals surface area contributed by atoms with E-state index in [4.69, 9.17) is 4.74 Å². The van der Waals surface area contributed by atoms with Crippen LogP contribution >= 0.6 is 0 Å². The van der Waals surface area contributed by atoms with E-state index in [1.165, 1.54) is 18.7 Å². The molecule has 7 nitrogen and oxygen atoms in total. The maximum atomic E-state index is 14.1. The maximum Gasteiger partial charge on any atom is 0.291 e. The van der Waals surface area contributed by atoms with Crippen LogP contribution in [0.1, 0.15) is 29.7 Å². The van der Waals surface area contributed by atoms with Gasteiger partial charge in [0, 0.05) is 25.4 Å². The summed E-state index contributed by atoms with van der Waals surface area (Å²) in [7, 11) is 0. The minimum absolute atomic E-state index is 0.0629. The second kappa shape index (κ2) is 6.64. The van der Waals surface area contributed by atoms with Crippen molar-refractivity contribution in [2.75, 3.05) is 13.1 Å². The highest BCUT2D eigenvalue weighted by Gasteiger charge is 2.30. The zero-order valence-corrected chi connectivity index (χ0v) is 12.6. The highest BCUT2D eigenvalue weighted by molar-refractivity contribution is 5.90. The molecule has 0 aliphatic carbocycles. The van der Waals surface area contributed by atoms with Crippen LogP contribution in [0.2, 0.25) is 0 Å². The number of aromatic nitrogens is 4. The molecule has 1 unspecified atom stereocenters. The van der Waals surface area contributed by atoms with E-state index < -0.39 is 5.82 Å². The van der Waals surface area contributed by atoms with E-state index in [2.05, 4.69) is 19.9 Å². The van der Waals surface area contributed by atoms with Crippen molar-refractivity contribution in [2.24, 2.45) is 0 Å². The minimum Gasteiger partial charge on any atom is -0.470 e. The Balaban J connectivity index is 1.66. The molecule has 120 valence electrons. The van der Waals surface area contributed by atoms with E-state index in [1.54, 1.807) is 11.0 Å². The lowest BCUT2D eigenvalue weighted by Crippen LogP contribution is -2.32. The molecule has 1 amide bonds. The molecule has 2 aromatic rings. The summed E-state index contributed by atoms with van der Waals surface area (Å²) in [5.41, 5.74) is 0.318. The van der Waals surface area contributed by atoms with Crippen molar-refractivity contribution in [3.05, 3.63) is 42.1 Å². The third kappa shape index (κ3) is 3.25. The molecule has 1 atom stereocenters. The predicted molar refractivity (Wildman–Crippen MR) is 78.3 cm³/mol. The van der Waals surface area contributed by atoms with Gasteiger partial charge in [-0.15, -0.1) is 0 Å². The van der Waals surface area contributed by atoms with Gasteiger partial charge in [0.2, 0.25) is 11.6 Å². The molecule has 3 heterocycles. The Hall–Kier alpha value is -2.64. The molecule has 1 fully saturated rings. The molecule has 2 aromatic heterocycles. The van der Waals surface area contributed by atoms with Gasteiger partial charge < -0.3 is 9.64 Å². The van der Waals surface area contributed by atoms with Gasteiger partial charge in [0.05, 0.1) is 12.2 Å². The van der Waals surface area contributed by atoms with Crippen LogP contribution in [0.25, 0.3) is 0 Å². The van der Waals surface area contributed by atoms with Crippen LogP contribution in [-0.4, -0.2) is 49.9 Å². The first-order chi connectivity index (χ1) is 11.2. The first kappa shape index (κ1) is 15.3. The molecule has 0 saturated carbocycles. The number of likely N-dealkylation sites (tertiary alicyclic amines) is 1. The van der Waals surface area contributed by atoms with E-state index in [0.717, 1.165) is 0 Å². The molecule has 0 radical (unpaired) electrons. The van der Waals surface area contributed by atoms with Gasteiger partial charge in [-0.05, 0) is 12.5 Å². The molecule has 0 N–H and O–H groups in total. The molecule has 0 aromatic carbocycles. The van der Waals surface area contributed by atoms with Crippen LogP contribution in [0.15, 0.2) is 24.8 Å².